The fraction of sp³-hybridized carbons (Fsp3) is 0.765. The molecule has 0 amide bonds. The van der Waals surface area contributed by atoms with Crippen molar-refractivity contribution in [1.82, 2.24) is 25.3 Å². The lowest BCUT2D eigenvalue weighted by Crippen LogP contribution is -2.45. The first-order chi connectivity index (χ1) is 11.2. The van der Waals surface area contributed by atoms with Gasteiger partial charge in [0.2, 0.25) is 0 Å². The Kier molecular flexibility index (Phi) is 7.39. The van der Waals surface area contributed by atoms with Crippen molar-refractivity contribution >= 4 is 5.96 Å². The fourth-order valence-electron chi connectivity index (χ4n) is 3.20. The second-order valence-corrected chi connectivity index (χ2v) is 6.24. The Morgan fingerprint density at radius 1 is 1.35 bits per heavy atom. The molecule has 0 saturated carbocycles. The molecular formula is C17H32N6. The Morgan fingerprint density at radius 2 is 2.22 bits per heavy atom. The third-order valence-electron chi connectivity index (χ3n) is 4.43. The average molecular weight is 320 g/mol. The summed E-state index contributed by atoms with van der Waals surface area (Å²) in [5, 5.41) is 11.0. The van der Waals surface area contributed by atoms with E-state index in [1.54, 1.807) is 0 Å². The summed E-state index contributed by atoms with van der Waals surface area (Å²) in [5.74, 6) is 0.890. The highest BCUT2D eigenvalue weighted by molar-refractivity contribution is 5.79. The molecule has 1 unspecified atom stereocenters. The largest absolute Gasteiger partial charge is 0.357 e. The molecule has 6 nitrogen and oxygen atoms in total. The Balaban J connectivity index is 1.79. The molecule has 0 bridgehead atoms. The third kappa shape index (κ3) is 5.86. The zero-order valence-electron chi connectivity index (χ0n) is 14.9. The van der Waals surface area contributed by atoms with E-state index in [9.17, 15) is 0 Å². The predicted octanol–water partition coefficient (Wildman–Crippen LogP) is 1.74. The lowest BCUT2D eigenvalue weighted by molar-refractivity contribution is 0.147. The number of hydrogen-bond acceptors (Lipinski definition) is 3. The Bertz CT molecular complexity index is 481. The predicted molar refractivity (Wildman–Crippen MR) is 95.5 cm³/mol. The summed E-state index contributed by atoms with van der Waals surface area (Å²) in [5.41, 5.74) is 1.13. The summed E-state index contributed by atoms with van der Waals surface area (Å²) in [7, 11) is 1.93. The van der Waals surface area contributed by atoms with Gasteiger partial charge in [0.1, 0.15) is 0 Å². The molecule has 1 saturated heterocycles. The number of aliphatic imine (C=N–C) groups is 1. The van der Waals surface area contributed by atoms with E-state index in [4.69, 9.17) is 0 Å². The van der Waals surface area contributed by atoms with E-state index in [-0.39, 0.29) is 0 Å². The normalized spacial score (nSPS) is 19.8. The first-order valence-electron chi connectivity index (χ1n) is 8.96. The van der Waals surface area contributed by atoms with E-state index < -0.39 is 0 Å². The molecule has 2 heterocycles. The minimum atomic E-state index is 0.657. The number of nitrogens with zero attached hydrogens (tertiary/aromatic N) is 4. The monoisotopic (exact) mass is 320 g/mol. The maximum Gasteiger partial charge on any atom is 0.191 e. The van der Waals surface area contributed by atoms with Crippen LogP contribution in [0.1, 0.15) is 45.1 Å². The molecule has 0 spiro atoms. The van der Waals surface area contributed by atoms with Gasteiger partial charge in [0.05, 0.1) is 12.7 Å². The molecule has 0 aliphatic carbocycles. The summed E-state index contributed by atoms with van der Waals surface area (Å²) in [6.07, 6.45) is 9.21. The van der Waals surface area contributed by atoms with Crippen LogP contribution in [0.4, 0.5) is 0 Å². The molecule has 0 radical (unpaired) electrons. The van der Waals surface area contributed by atoms with Gasteiger partial charge >= 0.3 is 0 Å². The smallest absolute Gasteiger partial charge is 0.191 e. The minimum absolute atomic E-state index is 0.657. The summed E-state index contributed by atoms with van der Waals surface area (Å²) in [6, 6.07) is 0.764. The molecule has 1 atom stereocenters. The van der Waals surface area contributed by atoms with Crippen molar-refractivity contribution in [1.29, 1.82) is 0 Å². The molecule has 1 aromatic rings. The highest BCUT2D eigenvalue weighted by atomic mass is 15.2. The number of guanidine groups is 1. The lowest BCUT2D eigenvalue weighted by atomic mass is 10.0. The van der Waals surface area contributed by atoms with Gasteiger partial charge in [-0.3, -0.25) is 9.58 Å². The maximum atomic E-state index is 4.64. The van der Waals surface area contributed by atoms with Crippen LogP contribution >= 0.6 is 0 Å². The van der Waals surface area contributed by atoms with Crippen molar-refractivity contribution in [2.24, 2.45) is 12.0 Å². The van der Waals surface area contributed by atoms with E-state index in [0.717, 1.165) is 37.2 Å². The summed E-state index contributed by atoms with van der Waals surface area (Å²) in [6.45, 7) is 9.20. The van der Waals surface area contributed by atoms with E-state index in [1.165, 1.54) is 32.2 Å². The number of likely N-dealkylation sites (tertiary alicyclic amines) is 1. The van der Waals surface area contributed by atoms with Crippen LogP contribution in [-0.2, 0) is 13.6 Å². The first-order valence-corrected chi connectivity index (χ1v) is 8.96. The van der Waals surface area contributed by atoms with Gasteiger partial charge in [0.15, 0.2) is 5.96 Å². The van der Waals surface area contributed by atoms with Crippen LogP contribution in [0, 0.1) is 0 Å². The molecular weight excluding hydrogens is 288 g/mol. The van der Waals surface area contributed by atoms with Crippen LogP contribution in [0.2, 0.25) is 0 Å². The van der Waals surface area contributed by atoms with Gasteiger partial charge in [-0.05, 0) is 32.7 Å². The molecule has 130 valence electrons. The van der Waals surface area contributed by atoms with Crippen LogP contribution < -0.4 is 10.6 Å². The summed E-state index contributed by atoms with van der Waals surface area (Å²) >= 11 is 0. The number of aromatic nitrogens is 2. The van der Waals surface area contributed by atoms with Gasteiger partial charge in [-0.2, -0.15) is 5.10 Å². The average Bonchev–Trinajstić information content (AvgIpc) is 2.98. The number of hydrogen-bond donors (Lipinski definition) is 2. The second kappa shape index (κ2) is 9.55. The zero-order valence-corrected chi connectivity index (χ0v) is 14.9. The van der Waals surface area contributed by atoms with Gasteiger partial charge in [0.25, 0.3) is 0 Å². The van der Waals surface area contributed by atoms with Crippen LogP contribution in [0.15, 0.2) is 17.4 Å². The van der Waals surface area contributed by atoms with Crippen molar-refractivity contribution in [3.63, 3.8) is 0 Å². The van der Waals surface area contributed by atoms with Crippen LogP contribution in [0.25, 0.3) is 0 Å². The molecule has 1 aliphatic rings. The Morgan fingerprint density at radius 3 is 2.91 bits per heavy atom. The molecule has 1 aliphatic heterocycles. The molecule has 1 aromatic heterocycles. The minimum Gasteiger partial charge on any atom is -0.357 e. The Labute approximate surface area is 140 Å². The van der Waals surface area contributed by atoms with E-state index in [1.807, 2.05) is 24.1 Å². The number of rotatable bonds is 7. The quantitative estimate of drug-likeness (QED) is 0.593. The van der Waals surface area contributed by atoms with Crippen molar-refractivity contribution in [3.8, 4) is 0 Å². The fourth-order valence-corrected chi connectivity index (χ4v) is 3.20. The van der Waals surface area contributed by atoms with Gasteiger partial charge in [-0.15, -0.1) is 0 Å². The van der Waals surface area contributed by atoms with Crippen molar-refractivity contribution in [3.05, 3.63) is 18.0 Å². The molecule has 6 heteroatoms. The number of piperidine rings is 1. The van der Waals surface area contributed by atoms with E-state index in [2.05, 4.69) is 39.5 Å². The molecule has 1 fully saturated rings. The van der Waals surface area contributed by atoms with E-state index in [0.29, 0.717) is 6.54 Å². The van der Waals surface area contributed by atoms with Gasteiger partial charge in [-0.1, -0.05) is 13.3 Å². The maximum absolute atomic E-state index is 4.64. The topological polar surface area (TPSA) is 57.5 Å². The third-order valence-corrected chi connectivity index (χ3v) is 4.43. The standard InChI is InChI=1S/C17H32N6/c1-4-16-8-6-7-10-23(16)11-9-19-17(18-5-2)20-12-15-13-21-22(3)14-15/h13-14,16H,4-12H2,1-3H3,(H2,18,19,20). The number of aryl methyl sites for hydroxylation is 1. The van der Waals surface area contributed by atoms with Gasteiger partial charge < -0.3 is 10.6 Å². The Hall–Kier alpha value is -1.56. The molecule has 2 rings (SSSR count). The second-order valence-electron chi connectivity index (χ2n) is 6.24. The highest BCUT2D eigenvalue weighted by Crippen LogP contribution is 2.18. The summed E-state index contributed by atoms with van der Waals surface area (Å²) < 4.78 is 1.81. The highest BCUT2D eigenvalue weighted by Gasteiger charge is 2.19. The summed E-state index contributed by atoms with van der Waals surface area (Å²) in [4.78, 5) is 7.27. The van der Waals surface area contributed by atoms with Crippen molar-refractivity contribution in [2.75, 3.05) is 26.2 Å². The SMILES string of the molecule is CCNC(=NCc1cnn(C)c1)NCCN1CCCCC1CC. The van der Waals surface area contributed by atoms with E-state index >= 15 is 0 Å². The molecule has 23 heavy (non-hydrogen) atoms. The van der Waals surface area contributed by atoms with Crippen molar-refractivity contribution < 1.29 is 0 Å². The first kappa shape index (κ1) is 17.8. The van der Waals surface area contributed by atoms with Crippen LogP contribution in [-0.4, -0.2) is 52.9 Å². The van der Waals surface area contributed by atoms with Gasteiger partial charge in [-0.25, -0.2) is 4.99 Å². The molecule has 0 aromatic carbocycles. The lowest BCUT2D eigenvalue weighted by Gasteiger charge is -2.35. The van der Waals surface area contributed by atoms with Crippen molar-refractivity contribution in [2.45, 2.75) is 52.1 Å². The zero-order chi connectivity index (χ0) is 16.5. The van der Waals surface area contributed by atoms with Gasteiger partial charge in [0, 0.05) is 44.5 Å². The number of nitrogens with one attached hydrogen (secondary N) is 2. The molecule has 2 N–H and O–H groups in total. The van der Waals surface area contributed by atoms with Crippen LogP contribution in [0.3, 0.4) is 0 Å². The van der Waals surface area contributed by atoms with Crippen LogP contribution in [0.5, 0.6) is 0 Å².